The third-order valence-corrected chi connectivity index (χ3v) is 10.2. The molecular formula is C37H54O2. The highest BCUT2D eigenvalue weighted by Gasteiger charge is 2.37. The zero-order valence-electron chi connectivity index (χ0n) is 25.9. The molecular weight excluding hydrogens is 476 g/mol. The van der Waals surface area contributed by atoms with Crippen molar-refractivity contribution in [1.29, 1.82) is 0 Å². The van der Waals surface area contributed by atoms with Crippen LogP contribution in [0.5, 0.6) is 11.5 Å². The number of hydrogen-bond acceptors (Lipinski definition) is 2. The van der Waals surface area contributed by atoms with E-state index in [1.807, 2.05) is 0 Å². The Kier molecular flexibility index (Phi) is 9.24. The standard InChI is InChI=1S/C37H54O2/c1-25(2)15-14-16-28(5)33(29-21-26(3)23-31(34(29)38)36(6)17-10-8-11-18-36)30-22-27(4)24-32(35(30)39)37(7)19-12-9-13-20-37/h15,21-24,28,33,38-39H,8-14,16-20H2,1-7H3. The number of hydrogen-bond donors (Lipinski definition) is 2. The summed E-state index contributed by atoms with van der Waals surface area (Å²) in [6, 6.07) is 8.88. The molecule has 214 valence electrons. The van der Waals surface area contributed by atoms with Gasteiger partial charge in [-0.2, -0.15) is 0 Å². The number of aryl methyl sites for hydroxylation is 2. The van der Waals surface area contributed by atoms with Crippen LogP contribution in [0.4, 0.5) is 0 Å². The van der Waals surface area contributed by atoms with Gasteiger partial charge in [0.2, 0.25) is 0 Å². The summed E-state index contributed by atoms with van der Waals surface area (Å²) in [4.78, 5) is 0. The molecule has 0 aromatic heterocycles. The summed E-state index contributed by atoms with van der Waals surface area (Å²) in [5.74, 6) is 1.14. The van der Waals surface area contributed by atoms with E-state index >= 15 is 0 Å². The molecule has 2 N–H and O–H groups in total. The summed E-state index contributed by atoms with van der Waals surface area (Å²) in [5, 5.41) is 24.1. The number of allylic oxidation sites excluding steroid dienone is 2. The zero-order chi connectivity index (χ0) is 28.4. The topological polar surface area (TPSA) is 40.5 Å². The molecule has 2 nitrogen and oxygen atoms in total. The van der Waals surface area contributed by atoms with Gasteiger partial charge >= 0.3 is 0 Å². The quantitative estimate of drug-likeness (QED) is 0.333. The number of aromatic hydroxyl groups is 2. The third-order valence-electron chi connectivity index (χ3n) is 10.2. The van der Waals surface area contributed by atoms with Crippen LogP contribution in [-0.4, -0.2) is 10.2 Å². The van der Waals surface area contributed by atoms with Gasteiger partial charge in [-0.3, -0.25) is 0 Å². The van der Waals surface area contributed by atoms with Crippen molar-refractivity contribution in [3.63, 3.8) is 0 Å². The molecule has 2 aliphatic rings. The lowest BCUT2D eigenvalue weighted by atomic mass is 9.67. The van der Waals surface area contributed by atoms with Gasteiger partial charge < -0.3 is 10.2 Å². The van der Waals surface area contributed by atoms with Crippen molar-refractivity contribution in [2.45, 2.75) is 142 Å². The molecule has 2 heteroatoms. The molecule has 0 heterocycles. The Bertz CT molecular complexity index is 1090. The summed E-state index contributed by atoms with van der Waals surface area (Å²) in [5.41, 5.74) is 8.01. The maximum absolute atomic E-state index is 12.1. The summed E-state index contributed by atoms with van der Waals surface area (Å²) in [7, 11) is 0. The minimum absolute atomic E-state index is 0.00827. The lowest BCUT2D eigenvalue weighted by molar-refractivity contribution is 0.304. The molecule has 2 fully saturated rings. The van der Waals surface area contributed by atoms with E-state index in [0.29, 0.717) is 11.5 Å². The highest BCUT2D eigenvalue weighted by Crippen LogP contribution is 2.52. The number of phenols is 2. The molecule has 39 heavy (non-hydrogen) atoms. The first-order chi connectivity index (χ1) is 18.4. The number of phenolic OH excluding ortho intramolecular Hbond substituents is 2. The van der Waals surface area contributed by atoms with Crippen molar-refractivity contribution in [3.8, 4) is 11.5 Å². The fraction of sp³-hybridized carbons (Fsp3) is 0.622. The Labute approximate surface area is 238 Å². The van der Waals surface area contributed by atoms with E-state index in [4.69, 9.17) is 0 Å². The van der Waals surface area contributed by atoms with Crippen LogP contribution in [0.25, 0.3) is 0 Å². The van der Waals surface area contributed by atoms with E-state index in [1.54, 1.807) is 0 Å². The van der Waals surface area contributed by atoms with Gasteiger partial charge in [-0.1, -0.05) is 106 Å². The van der Waals surface area contributed by atoms with Crippen molar-refractivity contribution in [3.05, 3.63) is 69.3 Å². The fourth-order valence-corrected chi connectivity index (χ4v) is 7.79. The Morgan fingerprint density at radius 1 is 0.744 bits per heavy atom. The largest absolute Gasteiger partial charge is 0.507 e. The van der Waals surface area contributed by atoms with Crippen LogP contribution in [-0.2, 0) is 10.8 Å². The van der Waals surface area contributed by atoms with Crippen molar-refractivity contribution in [2.24, 2.45) is 5.92 Å². The predicted molar refractivity (Wildman–Crippen MR) is 166 cm³/mol. The van der Waals surface area contributed by atoms with Gasteiger partial charge in [0.05, 0.1) is 0 Å². The fourth-order valence-electron chi connectivity index (χ4n) is 7.79. The SMILES string of the molecule is CC(C)=CCCC(C)C(c1cc(C)cc(C2(C)CCCCC2)c1O)c1cc(C)cc(C2(C)CCCCC2)c1O. The van der Waals surface area contributed by atoms with Crippen LogP contribution in [0.15, 0.2) is 35.9 Å². The summed E-state index contributed by atoms with van der Waals surface area (Å²) in [6.07, 6.45) is 16.3. The first-order valence-corrected chi connectivity index (χ1v) is 15.8. The first-order valence-electron chi connectivity index (χ1n) is 15.8. The van der Waals surface area contributed by atoms with Crippen LogP contribution >= 0.6 is 0 Å². The average molecular weight is 531 g/mol. The summed E-state index contributed by atoms with van der Waals surface area (Å²) in [6.45, 7) is 15.7. The lowest BCUT2D eigenvalue weighted by Crippen LogP contribution is -2.27. The summed E-state index contributed by atoms with van der Waals surface area (Å²) >= 11 is 0. The molecule has 2 aromatic rings. The molecule has 2 saturated carbocycles. The van der Waals surface area contributed by atoms with Crippen molar-refractivity contribution < 1.29 is 10.2 Å². The zero-order valence-corrected chi connectivity index (χ0v) is 25.9. The lowest BCUT2D eigenvalue weighted by Gasteiger charge is -2.38. The van der Waals surface area contributed by atoms with Gasteiger partial charge in [0.15, 0.2) is 0 Å². The Hall–Kier alpha value is -2.22. The van der Waals surface area contributed by atoms with E-state index < -0.39 is 0 Å². The van der Waals surface area contributed by atoms with E-state index in [-0.39, 0.29) is 22.7 Å². The first kappa shape index (κ1) is 29.8. The maximum atomic E-state index is 12.1. The molecule has 0 radical (unpaired) electrons. The molecule has 0 amide bonds. The molecule has 0 spiro atoms. The molecule has 0 bridgehead atoms. The smallest absolute Gasteiger partial charge is 0.123 e. The van der Waals surface area contributed by atoms with E-state index in [9.17, 15) is 10.2 Å². The molecule has 0 saturated heterocycles. The van der Waals surface area contributed by atoms with Crippen molar-refractivity contribution >= 4 is 0 Å². The Balaban J connectivity index is 1.89. The second-order valence-electron chi connectivity index (χ2n) is 14.1. The highest BCUT2D eigenvalue weighted by atomic mass is 16.3. The molecule has 1 unspecified atom stereocenters. The predicted octanol–water partition coefficient (Wildman–Crippen LogP) is 10.7. The molecule has 4 rings (SSSR count). The molecule has 2 aliphatic carbocycles. The second kappa shape index (κ2) is 12.1. The van der Waals surface area contributed by atoms with Gasteiger partial charge in [-0.25, -0.2) is 0 Å². The van der Waals surface area contributed by atoms with Gasteiger partial charge in [-0.05, 0) is 83.0 Å². The number of rotatable bonds is 8. The van der Waals surface area contributed by atoms with Crippen molar-refractivity contribution in [2.75, 3.05) is 0 Å². The van der Waals surface area contributed by atoms with Crippen molar-refractivity contribution in [1.82, 2.24) is 0 Å². The van der Waals surface area contributed by atoms with E-state index in [1.165, 1.54) is 55.2 Å². The van der Waals surface area contributed by atoms with Crippen LogP contribution < -0.4 is 0 Å². The average Bonchev–Trinajstić information content (AvgIpc) is 2.88. The van der Waals surface area contributed by atoms with Gasteiger partial charge in [-0.15, -0.1) is 0 Å². The highest BCUT2D eigenvalue weighted by molar-refractivity contribution is 5.57. The molecule has 1 atom stereocenters. The van der Waals surface area contributed by atoms with Crippen LogP contribution in [0.1, 0.15) is 151 Å². The second-order valence-corrected chi connectivity index (χ2v) is 14.1. The summed E-state index contributed by atoms with van der Waals surface area (Å²) < 4.78 is 0. The van der Waals surface area contributed by atoms with Crippen LogP contribution in [0, 0.1) is 19.8 Å². The van der Waals surface area contributed by atoms with E-state index in [0.717, 1.165) is 60.8 Å². The molecule has 0 aliphatic heterocycles. The minimum atomic E-state index is -0.0627. The van der Waals surface area contributed by atoms with E-state index in [2.05, 4.69) is 78.8 Å². The Morgan fingerprint density at radius 2 is 1.15 bits per heavy atom. The van der Waals surface area contributed by atoms with Gasteiger partial charge in [0.25, 0.3) is 0 Å². The normalized spacial score (nSPS) is 19.6. The van der Waals surface area contributed by atoms with Gasteiger partial charge in [0.1, 0.15) is 11.5 Å². The van der Waals surface area contributed by atoms with Gasteiger partial charge in [0, 0.05) is 28.2 Å². The van der Waals surface area contributed by atoms with Crippen LogP contribution in [0.3, 0.4) is 0 Å². The maximum Gasteiger partial charge on any atom is 0.123 e. The minimum Gasteiger partial charge on any atom is -0.507 e. The monoisotopic (exact) mass is 530 g/mol. The Morgan fingerprint density at radius 3 is 1.54 bits per heavy atom. The molecule has 2 aromatic carbocycles. The third kappa shape index (κ3) is 6.41. The van der Waals surface area contributed by atoms with Crippen LogP contribution in [0.2, 0.25) is 0 Å². The number of benzene rings is 2.